The molecule has 1 unspecified atom stereocenters. The monoisotopic (exact) mass is 171 g/mol. The van der Waals surface area contributed by atoms with E-state index in [0.717, 1.165) is 6.42 Å². The molecule has 4 nitrogen and oxygen atoms in total. The summed E-state index contributed by atoms with van der Waals surface area (Å²) < 4.78 is 0. The van der Waals surface area contributed by atoms with Crippen molar-refractivity contribution in [1.82, 2.24) is 10.0 Å². The number of hydrazine groups is 1. The lowest BCUT2D eigenvalue weighted by atomic mass is 10.2. The zero-order chi connectivity index (χ0) is 9.14. The van der Waals surface area contributed by atoms with Gasteiger partial charge in [-0.25, -0.2) is 5.01 Å². The fourth-order valence-corrected chi connectivity index (χ4v) is 1.63. The van der Waals surface area contributed by atoms with Crippen LogP contribution in [-0.4, -0.2) is 42.1 Å². The van der Waals surface area contributed by atoms with Crippen molar-refractivity contribution in [3.05, 3.63) is 0 Å². The Bertz CT molecular complexity index is 172. The summed E-state index contributed by atoms with van der Waals surface area (Å²) in [4.78, 5) is 11.4. The van der Waals surface area contributed by atoms with E-state index < -0.39 is 0 Å². The van der Waals surface area contributed by atoms with Crippen molar-refractivity contribution in [2.45, 2.75) is 25.8 Å². The first kappa shape index (κ1) is 9.48. The maximum atomic E-state index is 11.4. The number of amides is 1. The van der Waals surface area contributed by atoms with Crippen molar-refractivity contribution in [2.24, 2.45) is 5.73 Å². The Hall–Kier alpha value is -0.610. The molecule has 1 aliphatic heterocycles. The molecule has 1 atom stereocenters. The summed E-state index contributed by atoms with van der Waals surface area (Å²) in [5, 5.41) is 3.75. The van der Waals surface area contributed by atoms with Crippen LogP contribution in [0.2, 0.25) is 0 Å². The summed E-state index contributed by atoms with van der Waals surface area (Å²) in [5.74, 6) is 0.204. The number of hydrogen-bond acceptors (Lipinski definition) is 3. The Morgan fingerprint density at radius 1 is 1.67 bits per heavy atom. The zero-order valence-corrected chi connectivity index (χ0v) is 7.79. The second-order valence-corrected chi connectivity index (χ2v) is 3.15. The number of hydrogen-bond donors (Lipinski definition) is 1. The van der Waals surface area contributed by atoms with Crippen LogP contribution in [0.1, 0.15) is 19.8 Å². The predicted octanol–water partition coefficient (Wildman–Crippen LogP) is -0.197. The number of nitrogens with zero attached hydrogens (tertiary/aromatic N) is 2. The molecule has 0 spiro atoms. The Morgan fingerprint density at radius 2 is 2.33 bits per heavy atom. The predicted molar refractivity (Wildman–Crippen MR) is 47.2 cm³/mol. The van der Waals surface area contributed by atoms with Gasteiger partial charge in [-0.1, -0.05) is 6.92 Å². The number of carbonyl (C=O) groups excluding carboxylic acids is 1. The minimum absolute atomic E-state index is 0.204. The van der Waals surface area contributed by atoms with Crippen LogP contribution in [0.4, 0.5) is 0 Å². The molecule has 2 N–H and O–H groups in total. The molecule has 0 aromatic rings. The van der Waals surface area contributed by atoms with Gasteiger partial charge in [-0.3, -0.25) is 9.80 Å². The van der Waals surface area contributed by atoms with Gasteiger partial charge < -0.3 is 5.73 Å². The van der Waals surface area contributed by atoms with Gasteiger partial charge in [-0.2, -0.15) is 0 Å². The molecule has 12 heavy (non-hydrogen) atoms. The van der Waals surface area contributed by atoms with E-state index in [1.807, 2.05) is 12.1 Å². The second kappa shape index (κ2) is 3.87. The van der Waals surface area contributed by atoms with E-state index in [-0.39, 0.29) is 5.91 Å². The summed E-state index contributed by atoms with van der Waals surface area (Å²) >= 11 is 0. The molecule has 1 saturated heterocycles. The normalized spacial score (nSPS) is 25.4. The third-order valence-electron chi connectivity index (χ3n) is 2.42. The molecule has 0 bridgehead atoms. The summed E-state index contributed by atoms with van der Waals surface area (Å²) in [6.07, 6.45) is 1.66. The van der Waals surface area contributed by atoms with Crippen LogP contribution in [-0.2, 0) is 4.79 Å². The zero-order valence-electron chi connectivity index (χ0n) is 7.79. The minimum atomic E-state index is 0.204. The van der Waals surface area contributed by atoms with Crippen molar-refractivity contribution in [1.29, 1.82) is 0 Å². The number of rotatable bonds is 3. The van der Waals surface area contributed by atoms with Crippen LogP contribution in [0.25, 0.3) is 0 Å². The fourth-order valence-electron chi connectivity index (χ4n) is 1.63. The average Bonchev–Trinajstić information content (AvgIpc) is 2.32. The molecule has 1 rings (SSSR count). The third kappa shape index (κ3) is 1.59. The third-order valence-corrected chi connectivity index (χ3v) is 2.42. The highest BCUT2D eigenvalue weighted by atomic mass is 16.2. The van der Waals surface area contributed by atoms with Crippen molar-refractivity contribution in [3.8, 4) is 0 Å². The number of nitrogens with two attached hydrogens (primary N) is 1. The largest absolute Gasteiger partial charge is 0.329 e. The summed E-state index contributed by atoms with van der Waals surface area (Å²) in [6, 6.07) is 0.379. The Kier molecular flexibility index (Phi) is 3.05. The second-order valence-electron chi connectivity index (χ2n) is 3.15. The highest BCUT2D eigenvalue weighted by Crippen LogP contribution is 2.19. The fraction of sp³-hybridized carbons (Fsp3) is 0.875. The smallest absolute Gasteiger partial charge is 0.238 e. The molecule has 1 aliphatic rings. The van der Waals surface area contributed by atoms with Gasteiger partial charge in [0.25, 0.3) is 0 Å². The van der Waals surface area contributed by atoms with E-state index in [9.17, 15) is 4.79 Å². The highest BCUT2D eigenvalue weighted by molar-refractivity contribution is 5.78. The molecule has 0 aromatic heterocycles. The van der Waals surface area contributed by atoms with Crippen molar-refractivity contribution in [3.63, 3.8) is 0 Å². The summed E-state index contributed by atoms with van der Waals surface area (Å²) in [5.41, 5.74) is 5.40. The molecule has 0 aromatic carbocycles. The minimum Gasteiger partial charge on any atom is -0.329 e. The lowest BCUT2D eigenvalue weighted by Gasteiger charge is -2.27. The number of carbonyl (C=O) groups is 1. The van der Waals surface area contributed by atoms with Gasteiger partial charge in [0.2, 0.25) is 5.91 Å². The molecule has 1 amide bonds. The van der Waals surface area contributed by atoms with Crippen molar-refractivity contribution in [2.75, 3.05) is 20.1 Å². The Morgan fingerprint density at radius 3 is 2.75 bits per heavy atom. The molecular weight excluding hydrogens is 154 g/mol. The lowest BCUT2D eigenvalue weighted by molar-refractivity contribution is -0.136. The summed E-state index contributed by atoms with van der Waals surface area (Å²) in [6.45, 7) is 3.28. The lowest BCUT2D eigenvalue weighted by Crippen LogP contribution is -2.42. The SMILES string of the molecule is CCC1CC(=O)N(CCN)N1C. The van der Waals surface area contributed by atoms with Gasteiger partial charge in [0, 0.05) is 32.6 Å². The van der Waals surface area contributed by atoms with Gasteiger partial charge in [0.15, 0.2) is 0 Å². The average molecular weight is 171 g/mol. The summed E-state index contributed by atoms with van der Waals surface area (Å²) in [7, 11) is 1.95. The van der Waals surface area contributed by atoms with Crippen LogP contribution in [0.5, 0.6) is 0 Å². The standard InChI is InChI=1S/C8H17N3O/c1-3-7-6-8(12)11(5-4-9)10(7)2/h7H,3-6,9H2,1-2H3. The van der Waals surface area contributed by atoms with E-state index in [4.69, 9.17) is 5.73 Å². The topological polar surface area (TPSA) is 49.6 Å². The van der Waals surface area contributed by atoms with Crippen molar-refractivity contribution >= 4 is 5.91 Å². The van der Waals surface area contributed by atoms with Gasteiger partial charge in [-0.05, 0) is 6.42 Å². The van der Waals surface area contributed by atoms with E-state index in [0.29, 0.717) is 25.6 Å². The molecule has 1 heterocycles. The molecule has 0 radical (unpaired) electrons. The van der Waals surface area contributed by atoms with Crippen LogP contribution < -0.4 is 5.73 Å². The first-order chi connectivity index (χ1) is 5.70. The van der Waals surface area contributed by atoms with Gasteiger partial charge in [0.05, 0.1) is 0 Å². The van der Waals surface area contributed by atoms with Crippen LogP contribution in [0.15, 0.2) is 0 Å². The maximum absolute atomic E-state index is 11.4. The van der Waals surface area contributed by atoms with Crippen LogP contribution in [0, 0.1) is 0 Å². The molecule has 0 saturated carbocycles. The Balaban J connectivity index is 2.57. The quantitative estimate of drug-likeness (QED) is 0.640. The first-order valence-corrected chi connectivity index (χ1v) is 4.43. The first-order valence-electron chi connectivity index (χ1n) is 4.43. The van der Waals surface area contributed by atoms with Crippen LogP contribution >= 0.6 is 0 Å². The van der Waals surface area contributed by atoms with Gasteiger partial charge >= 0.3 is 0 Å². The maximum Gasteiger partial charge on any atom is 0.238 e. The van der Waals surface area contributed by atoms with Crippen molar-refractivity contribution < 1.29 is 4.79 Å². The van der Waals surface area contributed by atoms with Gasteiger partial charge in [0.1, 0.15) is 0 Å². The molecular formula is C8H17N3O. The highest BCUT2D eigenvalue weighted by Gasteiger charge is 2.32. The molecule has 70 valence electrons. The van der Waals surface area contributed by atoms with E-state index in [2.05, 4.69) is 6.92 Å². The van der Waals surface area contributed by atoms with Crippen LogP contribution in [0.3, 0.4) is 0 Å². The molecule has 4 heteroatoms. The Labute approximate surface area is 73.3 Å². The van der Waals surface area contributed by atoms with E-state index in [1.165, 1.54) is 0 Å². The molecule has 0 aliphatic carbocycles. The van der Waals surface area contributed by atoms with E-state index in [1.54, 1.807) is 5.01 Å². The molecule has 1 fully saturated rings. The van der Waals surface area contributed by atoms with E-state index >= 15 is 0 Å². The van der Waals surface area contributed by atoms with Gasteiger partial charge in [-0.15, -0.1) is 0 Å².